The molecule has 0 bridgehead atoms. The summed E-state index contributed by atoms with van der Waals surface area (Å²) in [5.74, 6) is 0.806. The van der Waals surface area contributed by atoms with Crippen molar-refractivity contribution in [3.63, 3.8) is 0 Å². The third kappa shape index (κ3) is 3.86. The predicted molar refractivity (Wildman–Crippen MR) is 115 cm³/mol. The number of rotatable bonds is 3. The van der Waals surface area contributed by atoms with Crippen LogP contribution in [0.15, 0.2) is 36.5 Å². The molecule has 6 nitrogen and oxygen atoms in total. The van der Waals surface area contributed by atoms with Crippen LogP contribution in [0.25, 0.3) is 0 Å². The summed E-state index contributed by atoms with van der Waals surface area (Å²) in [6.07, 6.45) is 2.19. The van der Waals surface area contributed by atoms with Crippen molar-refractivity contribution in [1.29, 1.82) is 0 Å². The Hall–Kier alpha value is -2.47. The van der Waals surface area contributed by atoms with E-state index in [4.69, 9.17) is 5.73 Å². The Bertz CT molecular complexity index is 896. The van der Waals surface area contributed by atoms with E-state index >= 15 is 0 Å². The summed E-state index contributed by atoms with van der Waals surface area (Å²) in [6.45, 7) is 10.1. The quantitative estimate of drug-likeness (QED) is 0.867. The molecule has 2 N–H and O–H groups in total. The molecule has 4 rings (SSSR count). The van der Waals surface area contributed by atoms with E-state index in [1.165, 1.54) is 5.56 Å². The number of aromatic nitrogens is 2. The van der Waals surface area contributed by atoms with Crippen LogP contribution in [0.5, 0.6) is 0 Å². The number of amides is 1. The van der Waals surface area contributed by atoms with Gasteiger partial charge in [0.1, 0.15) is 0 Å². The second kappa shape index (κ2) is 7.10. The van der Waals surface area contributed by atoms with Crippen LogP contribution in [0, 0.1) is 5.41 Å². The Morgan fingerprint density at radius 3 is 2.48 bits per heavy atom. The van der Waals surface area contributed by atoms with Gasteiger partial charge in [-0.15, -0.1) is 0 Å². The lowest BCUT2D eigenvalue weighted by Crippen LogP contribution is -2.61. The lowest BCUT2D eigenvalue weighted by atomic mass is 9.70. The third-order valence-corrected chi connectivity index (χ3v) is 6.41. The van der Waals surface area contributed by atoms with Gasteiger partial charge in [0.15, 0.2) is 0 Å². The molecular formula is C23H31N5O. The number of nitrogens with two attached hydrogens (primary N) is 1. The molecule has 1 amide bonds. The van der Waals surface area contributed by atoms with Crippen molar-refractivity contribution in [2.75, 3.05) is 39.0 Å². The molecule has 1 unspecified atom stereocenters. The lowest BCUT2D eigenvalue weighted by Gasteiger charge is -2.51. The first-order valence-corrected chi connectivity index (χ1v) is 10.3. The van der Waals surface area contributed by atoms with Crippen LogP contribution >= 0.6 is 0 Å². The number of hydrogen-bond acceptors (Lipinski definition) is 5. The van der Waals surface area contributed by atoms with Gasteiger partial charge in [0, 0.05) is 43.7 Å². The number of carbonyl (C=O) groups excluding carboxylic acids is 1. The molecule has 2 aliphatic heterocycles. The van der Waals surface area contributed by atoms with Gasteiger partial charge in [-0.25, -0.2) is 9.97 Å². The number of likely N-dealkylation sites (N-methyl/N-ethyl adjacent to an activating group) is 1. The van der Waals surface area contributed by atoms with Crippen molar-refractivity contribution in [3.8, 4) is 0 Å². The zero-order chi connectivity index (χ0) is 20.8. The Balaban J connectivity index is 1.42. The molecule has 2 saturated heterocycles. The van der Waals surface area contributed by atoms with Gasteiger partial charge in [-0.1, -0.05) is 45.0 Å². The van der Waals surface area contributed by atoms with Crippen LogP contribution in [-0.2, 0) is 16.6 Å². The fraction of sp³-hybridized carbons (Fsp3) is 0.522. The molecule has 1 aromatic carbocycles. The standard InChI is InChI=1S/C23H31N5O/c1-22(2,3)17-7-5-16(6-8-17)11-20(29)28-14-23(15-28)13-27(4)12-18(23)19-9-10-25-21(24)26-19/h5-10,18H,11-15H2,1-4H3,(H2,24,25,26). The lowest BCUT2D eigenvalue weighted by molar-refractivity contribution is -0.142. The van der Waals surface area contributed by atoms with Gasteiger partial charge in [-0.3, -0.25) is 4.79 Å². The van der Waals surface area contributed by atoms with Crippen molar-refractivity contribution >= 4 is 11.9 Å². The molecule has 2 aromatic rings. The Labute approximate surface area is 173 Å². The number of hydrogen-bond donors (Lipinski definition) is 1. The van der Waals surface area contributed by atoms with Gasteiger partial charge in [-0.2, -0.15) is 0 Å². The highest BCUT2D eigenvalue weighted by Crippen LogP contribution is 2.48. The molecule has 2 fully saturated rings. The van der Waals surface area contributed by atoms with Crippen LogP contribution < -0.4 is 5.73 Å². The molecule has 3 heterocycles. The van der Waals surface area contributed by atoms with E-state index in [0.717, 1.165) is 37.4 Å². The van der Waals surface area contributed by atoms with Crippen LogP contribution in [0.2, 0.25) is 0 Å². The topological polar surface area (TPSA) is 75.4 Å². The first kappa shape index (κ1) is 19.8. The minimum atomic E-state index is 0.0707. The average molecular weight is 394 g/mol. The van der Waals surface area contributed by atoms with Crippen LogP contribution in [-0.4, -0.2) is 58.9 Å². The van der Waals surface area contributed by atoms with E-state index in [9.17, 15) is 4.79 Å². The maximum absolute atomic E-state index is 12.9. The van der Waals surface area contributed by atoms with E-state index in [1.54, 1.807) is 6.20 Å². The van der Waals surface area contributed by atoms with Crippen molar-refractivity contribution < 1.29 is 4.79 Å². The van der Waals surface area contributed by atoms with E-state index in [2.05, 4.69) is 67.0 Å². The average Bonchev–Trinajstić information content (AvgIpc) is 2.98. The van der Waals surface area contributed by atoms with E-state index in [1.807, 2.05) is 11.0 Å². The minimum absolute atomic E-state index is 0.0707. The summed E-state index contributed by atoms with van der Waals surface area (Å²) in [4.78, 5) is 25.7. The zero-order valence-corrected chi connectivity index (χ0v) is 17.9. The second-order valence-electron chi connectivity index (χ2n) is 9.82. The Morgan fingerprint density at radius 1 is 1.17 bits per heavy atom. The number of carbonyl (C=O) groups is 1. The number of benzene rings is 1. The smallest absolute Gasteiger partial charge is 0.227 e. The van der Waals surface area contributed by atoms with Gasteiger partial charge in [0.05, 0.1) is 12.1 Å². The van der Waals surface area contributed by atoms with Gasteiger partial charge >= 0.3 is 0 Å². The number of likely N-dealkylation sites (tertiary alicyclic amines) is 2. The van der Waals surface area contributed by atoms with Crippen LogP contribution in [0.1, 0.15) is 43.5 Å². The zero-order valence-electron chi connectivity index (χ0n) is 17.9. The summed E-state index contributed by atoms with van der Waals surface area (Å²) in [5.41, 5.74) is 9.36. The second-order valence-corrected chi connectivity index (χ2v) is 9.82. The molecule has 154 valence electrons. The summed E-state index contributed by atoms with van der Waals surface area (Å²) < 4.78 is 0. The molecule has 2 aliphatic rings. The predicted octanol–water partition coefficient (Wildman–Crippen LogP) is 2.46. The van der Waals surface area contributed by atoms with Crippen molar-refractivity contribution in [2.45, 2.75) is 38.5 Å². The molecule has 6 heteroatoms. The summed E-state index contributed by atoms with van der Waals surface area (Å²) in [7, 11) is 2.13. The molecule has 1 atom stereocenters. The third-order valence-electron chi connectivity index (χ3n) is 6.41. The highest BCUT2D eigenvalue weighted by molar-refractivity contribution is 5.80. The molecule has 0 radical (unpaired) electrons. The SMILES string of the molecule is CN1CC(c2ccnc(N)n2)C2(C1)CN(C(=O)Cc1ccc(C(C)(C)C)cc1)C2. The molecule has 1 aromatic heterocycles. The monoisotopic (exact) mass is 393 g/mol. The number of anilines is 1. The largest absolute Gasteiger partial charge is 0.368 e. The van der Waals surface area contributed by atoms with E-state index in [-0.39, 0.29) is 22.7 Å². The van der Waals surface area contributed by atoms with Crippen molar-refractivity contribution in [3.05, 3.63) is 53.3 Å². The molecule has 1 spiro atoms. The van der Waals surface area contributed by atoms with Gasteiger partial charge in [0.25, 0.3) is 0 Å². The minimum Gasteiger partial charge on any atom is -0.368 e. The normalized spacial score (nSPS) is 21.4. The van der Waals surface area contributed by atoms with E-state index < -0.39 is 0 Å². The summed E-state index contributed by atoms with van der Waals surface area (Å²) >= 11 is 0. The van der Waals surface area contributed by atoms with E-state index in [0.29, 0.717) is 12.4 Å². The van der Waals surface area contributed by atoms with Crippen LogP contribution in [0.4, 0.5) is 5.95 Å². The molecule has 29 heavy (non-hydrogen) atoms. The maximum Gasteiger partial charge on any atom is 0.227 e. The first-order chi connectivity index (χ1) is 13.7. The summed E-state index contributed by atoms with van der Waals surface area (Å²) in [5, 5.41) is 0. The maximum atomic E-state index is 12.9. The first-order valence-electron chi connectivity index (χ1n) is 10.3. The van der Waals surface area contributed by atoms with Gasteiger partial charge in [0.2, 0.25) is 11.9 Å². The van der Waals surface area contributed by atoms with Crippen molar-refractivity contribution in [1.82, 2.24) is 19.8 Å². The fourth-order valence-electron chi connectivity index (χ4n) is 4.83. The Kier molecular flexibility index (Phi) is 4.85. The van der Waals surface area contributed by atoms with Gasteiger partial charge in [-0.05, 0) is 29.7 Å². The summed E-state index contributed by atoms with van der Waals surface area (Å²) in [6, 6.07) is 10.4. The molecule has 0 saturated carbocycles. The van der Waals surface area contributed by atoms with Crippen molar-refractivity contribution in [2.24, 2.45) is 5.41 Å². The fourth-order valence-corrected chi connectivity index (χ4v) is 4.83. The molecular weight excluding hydrogens is 362 g/mol. The number of nitrogens with zero attached hydrogens (tertiary/aromatic N) is 4. The highest BCUT2D eigenvalue weighted by atomic mass is 16.2. The van der Waals surface area contributed by atoms with Gasteiger partial charge < -0.3 is 15.5 Å². The highest BCUT2D eigenvalue weighted by Gasteiger charge is 2.55. The molecule has 0 aliphatic carbocycles. The van der Waals surface area contributed by atoms with Crippen LogP contribution in [0.3, 0.4) is 0 Å². The number of nitrogen functional groups attached to an aromatic ring is 1. The Morgan fingerprint density at radius 2 is 1.86 bits per heavy atom.